The second-order valence-corrected chi connectivity index (χ2v) is 6.60. The van der Waals surface area contributed by atoms with Crippen molar-refractivity contribution in [3.63, 3.8) is 0 Å². The van der Waals surface area contributed by atoms with Gasteiger partial charge in [0.25, 0.3) is 0 Å². The van der Waals surface area contributed by atoms with Crippen molar-refractivity contribution >= 4 is 23.6 Å². The number of carbonyl (C=O) groups is 2. The van der Waals surface area contributed by atoms with E-state index in [9.17, 15) is 9.59 Å². The van der Waals surface area contributed by atoms with Gasteiger partial charge in [0.1, 0.15) is 11.8 Å². The lowest BCUT2D eigenvalue weighted by Gasteiger charge is -2.17. The van der Waals surface area contributed by atoms with Gasteiger partial charge in [-0.05, 0) is 30.0 Å². The highest BCUT2D eigenvalue weighted by Gasteiger charge is 2.22. The molecule has 0 radical (unpaired) electrons. The summed E-state index contributed by atoms with van der Waals surface area (Å²) in [4.78, 5) is 23.7. The minimum absolute atomic E-state index is 0.277. The summed E-state index contributed by atoms with van der Waals surface area (Å²) in [7, 11) is 0. The molecule has 1 aromatic rings. The van der Waals surface area contributed by atoms with Gasteiger partial charge >= 0.3 is 5.97 Å². The molecule has 0 aliphatic carbocycles. The molecule has 1 atom stereocenters. The molecule has 0 aromatic heterocycles. The first-order chi connectivity index (χ1) is 10.8. The van der Waals surface area contributed by atoms with Crippen molar-refractivity contribution in [1.29, 1.82) is 0 Å². The van der Waals surface area contributed by atoms with E-state index in [1.54, 1.807) is 0 Å². The zero-order chi connectivity index (χ0) is 17.4. The Labute approximate surface area is 142 Å². The maximum absolute atomic E-state index is 12.4. The number of terminal acetylenes is 1. The van der Waals surface area contributed by atoms with Gasteiger partial charge in [-0.25, -0.2) is 4.79 Å². The fourth-order valence-corrected chi connectivity index (χ4v) is 2.61. The normalized spacial score (nSPS) is 11.7. The molecule has 1 rings (SSSR count). The zero-order valence-corrected chi connectivity index (χ0v) is 14.8. The van der Waals surface area contributed by atoms with E-state index in [2.05, 4.69) is 25.1 Å². The number of nitrogens with one attached hydrogen (secondary N) is 1. The van der Waals surface area contributed by atoms with Gasteiger partial charge in [-0.2, -0.15) is 0 Å². The maximum atomic E-state index is 12.4. The molecule has 0 saturated carbocycles. The largest absolute Gasteiger partial charge is 0.425 e. The third kappa shape index (κ3) is 6.37. The van der Waals surface area contributed by atoms with Gasteiger partial charge in [-0.3, -0.25) is 4.79 Å². The van der Waals surface area contributed by atoms with Crippen molar-refractivity contribution in [2.75, 3.05) is 11.5 Å². The number of hydrogen-bond donors (Lipinski definition) is 1. The summed E-state index contributed by atoms with van der Waals surface area (Å²) < 4.78 is 5.51. The van der Waals surface area contributed by atoms with Gasteiger partial charge in [-0.15, -0.1) is 18.2 Å². The number of rotatable bonds is 7. The molecule has 0 unspecified atom stereocenters. The summed E-state index contributed by atoms with van der Waals surface area (Å²) in [5.41, 5.74) is 1.97. The standard InChI is InChI=1S/C18H23NO3S/c1-6-9-23-11-16(19-14(5)20)18(21)22-17-10-15(12(2)3)8-7-13(17)4/h1,7-8,10,12,16H,9,11H2,2-5H3,(H,19,20)/t16-/m0/s1. The third-order valence-electron chi connectivity index (χ3n) is 3.22. The van der Waals surface area contributed by atoms with Gasteiger partial charge in [-0.1, -0.05) is 31.9 Å². The van der Waals surface area contributed by atoms with Crippen LogP contribution in [0.3, 0.4) is 0 Å². The monoisotopic (exact) mass is 333 g/mol. The van der Waals surface area contributed by atoms with Crippen molar-refractivity contribution in [1.82, 2.24) is 5.32 Å². The maximum Gasteiger partial charge on any atom is 0.334 e. The summed E-state index contributed by atoms with van der Waals surface area (Å²) >= 11 is 1.40. The van der Waals surface area contributed by atoms with E-state index in [0.29, 0.717) is 23.2 Å². The second-order valence-electron chi connectivity index (χ2n) is 5.57. The summed E-state index contributed by atoms with van der Waals surface area (Å²) in [6.07, 6.45) is 5.21. The summed E-state index contributed by atoms with van der Waals surface area (Å²) in [6, 6.07) is 5.11. The average molecular weight is 333 g/mol. The lowest BCUT2D eigenvalue weighted by atomic mass is 10.0. The minimum Gasteiger partial charge on any atom is -0.425 e. The van der Waals surface area contributed by atoms with E-state index in [-0.39, 0.29) is 5.91 Å². The fraction of sp³-hybridized carbons (Fsp3) is 0.444. The van der Waals surface area contributed by atoms with E-state index in [0.717, 1.165) is 11.1 Å². The predicted molar refractivity (Wildman–Crippen MR) is 94.7 cm³/mol. The molecule has 1 aromatic carbocycles. The topological polar surface area (TPSA) is 55.4 Å². The molecule has 0 aliphatic rings. The Morgan fingerprint density at radius 3 is 2.65 bits per heavy atom. The van der Waals surface area contributed by atoms with Crippen LogP contribution in [0.15, 0.2) is 18.2 Å². The Morgan fingerprint density at radius 2 is 2.09 bits per heavy atom. The molecule has 23 heavy (non-hydrogen) atoms. The molecule has 0 fully saturated rings. The average Bonchev–Trinajstić information content (AvgIpc) is 2.48. The molecule has 0 saturated heterocycles. The molecule has 0 aliphatic heterocycles. The van der Waals surface area contributed by atoms with E-state index >= 15 is 0 Å². The van der Waals surface area contributed by atoms with Gasteiger partial charge in [0, 0.05) is 12.7 Å². The Balaban J connectivity index is 2.86. The predicted octanol–water partition coefficient (Wildman–Crippen LogP) is 2.89. The molecule has 0 spiro atoms. The van der Waals surface area contributed by atoms with Gasteiger partial charge in [0.15, 0.2) is 0 Å². The second kappa shape index (κ2) is 9.26. The Kier molecular flexibility index (Phi) is 7.70. The van der Waals surface area contributed by atoms with Crippen LogP contribution in [0.4, 0.5) is 0 Å². The van der Waals surface area contributed by atoms with Crippen LogP contribution in [0.25, 0.3) is 0 Å². The molecule has 4 nitrogen and oxygen atoms in total. The van der Waals surface area contributed by atoms with Gasteiger partial charge in [0.2, 0.25) is 5.91 Å². The first-order valence-corrected chi connectivity index (χ1v) is 8.61. The van der Waals surface area contributed by atoms with Gasteiger partial charge < -0.3 is 10.1 Å². The number of ether oxygens (including phenoxy) is 1. The molecule has 1 amide bonds. The quantitative estimate of drug-likeness (QED) is 0.361. The molecular formula is C18H23NO3S. The van der Waals surface area contributed by atoms with E-state index in [4.69, 9.17) is 11.2 Å². The van der Waals surface area contributed by atoms with E-state index in [1.165, 1.54) is 18.7 Å². The van der Waals surface area contributed by atoms with Crippen LogP contribution in [-0.4, -0.2) is 29.4 Å². The van der Waals surface area contributed by atoms with Crippen LogP contribution in [0, 0.1) is 19.3 Å². The van der Waals surface area contributed by atoms with Crippen LogP contribution in [0.1, 0.15) is 37.8 Å². The lowest BCUT2D eigenvalue weighted by molar-refractivity contribution is -0.138. The van der Waals surface area contributed by atoms with Crippen molar-refractivity contribution in [2.24, 2.45) is 0 Å². The number of aryl methyl sites for hydroxylation is 1. The number of esters is 1. The molecule has 1 N–H and O–H groups in total. The number of thioether (sulfide) groups is 1. The first-order valence-electron chi connectivity index (χ1n) is 7.45. The van der Waals surface area contributed by atoms with Crippen LogP contribution >= 0.6 is 11.8 Å². The van der Waals surface area contributed by atoms with Crippen LogP contribution in [0.2, 0.25) is 0 Å². The fourth-order valence-electron chi connectivity index (χ4n) is 1.91. The lowest BCUT2D eigenvalue weighted by Crippen LogP contribution is -2.44. The Hall–Kier alpha value is -1.93. The first kappa shape index (κ1) is 19.1. The highest BCUT2D eigenvalue weighted by atomic mass is 32.2. The number of benzene rings is 1. The number of amides is 1. The Bertz CT molecular complexity index is 605. The van der Waals surface area contributed by atoms with Crippen LogP contribution < -0.4 is 10.1 Å². The molecule has 124 valence electrons. The smallest absolute Gasteiger partial charge is 0.334 e. The van der Waals surface area contributed by atoms with E-state index in [1.807, 2.05) is 25.1 Å². The SMILES string of the molecule is C#CCSC[C@H](NC(C)=O)C(=O)Oc1cc(C(C)C)ccc1C. The highest BCUT2D eigenvalue weighted by Crippen LogP contribution is 2.24. The summed E-state index contributed by atoms with van der Waals surface area (Å²) in [6.45, 7) is 7.41. The van der Waals surface area contributed by atoms with Crippen molar-refractivity contribution in [3.05, 3.63) is 29.3 Å². The number of hydrogen-bond acceptors (Lipinski definition) is 4. The highest BCUT2D eigenvalue weighted by molar-refractivity contribution is 7.99. The van der Waals surface area contributed by atoms with Gasteiger partial charge in [0.05, 0.1) is 5.75 Å². The van der Waals surface area contributed by atoms with E-state index < -0.39 is 12.0 Å². The summed E-state index contributed by atoms with van der Waals surface area (Å²) in [5.74, 6) is 3.46. The molecular weight excluding hydrogens is 310 g/mol. The molecule has 0 heterocycles. The summed E-state index contributed by atoms with van der Waals surface area (Å²) in [5, 5.41) is 2.61. The van der Waals surface area contributed by atoms with Crippen molar-refractivity contribution in [2.45, 2.75) is 39.7 Å². The molecule has 0 bridgehead atoms. The number of carbonyl (C=O) groups excluding carboxylic acids is 2. The van der Waals surface area contributed by atoms with Crippen LogP contribution in [0.5, 0.6) is 5.75 Å². The minimum atomic E-state index is -0.715. The zero-order valence-electron chi connectivity index (χ0n) is 14.0. The Morgan fingerprint density at radius 1 is 1.39 bits per heavy atom. The van der Waals surface area contributed by atoms with Crippen molar-refractivity contribution < 1.29 is 14.3 Å². The third-order valence-corrected chi connectivity index (χ3v) is 4.16. The van der Waals surface area contributed by atoms with Crippen molar-refractivity contribution in [3.8, 4) is 18.1 Å². The van der Waals surface area contributed by atoms with Crippen LogP contribution in [-0.2, 0) is 9.59 Å². The molecule has 5 heteroatoms.